The second-order valence-electron chi connectivity index (χ2n) is 5.47. The Balaban J connectivity index is 1.73. The van der Waals surface area contributed by atoms with E-state index < -0.39 is 0 Å². The van der Waals surface area contributed by atoms with E-state index in [1.807, 2.05) is 12.1 Å². The molecule has 0 radical (unpaired) electrons. The largest absolute Gasteiger partial charge is 0.299 e. The highest BCUT2D eigenvalue weighted by Crippen LogP contribution is 2.20. The molecule has 3 heterocycles. The van der Waals surface area contributed by atoms with Crippen LogP contribution in [0.25, 0.3) is 0 Å². The topological polar surface area (TPSA) is 44.5 Å². The predicted molar refractivity (Wildman–Crippen MR) is 73.0 cm³/mol. The Labute approximate surface area is 113 Å². The number of hydrazine groups is 1. The van der Waals surface area contributed by atoms with Gasteiger partial charge in [-0.25, -0.2) is 4.39 Å². The summed E-state index contributed by atoms with van der Waals surface area (Å²) in [7, 11) is 0. The van der Waals surface area contributed by atoms with Crippen molar-refractivity contribution < 1.29 is 4.39 Å². The van der Waals surface area contributed by atoms with Gasteiger partial charge in [-0.05, 0) is 18.1 Å². The number of nitrogens with zero attached hydrogens (tertiary/aromatic N) is 2. The molecule has 0 amide bonds. The summed E-state index contributed by atoms with van der Waals surface area (Å²) in [5.74, 6) is 5.58. The van der Waals surface area contributed by atoms with E-state index in [9.17, 15) is 4.39 Å². The minimum absolute atomic E-state index is 0.0972. The number of halogens is 1. The van der Waals surface area contributed by atoms with Crippen molar-refractivity contribution in [3.05, 3.63) is 35.6 Å². The van der Waals surface area contributed by atoms with E-state index in [4.69, 9.17) is 5.84 Å². The second-order valence-corrected chi connectivity index (χ2v) is 5.47. The standard InChI is InChI=1S/C14H21FN4/c15-12-4-2-1-3-11(12)9-13(17-16)14-10-18-5-7-19(14)8-6-18/h1-4,13-14,17H,5-10,16H2. The van der Waals surface area contributed by atoms with Crippen molar-refractivity contribution in [2.24, 2.45) is 5.84 Å². The maximum Gasteiger partial charge on any atom is 0.126 e. The van der Waals surface area contributed by atoms with Gasteiger partial charge in [-0.15, -0.1) is 0 Å². The molecule has 4 rings (SSSR count). The van der Waals surface area contributed by atoms with Gasteiger partial charge in [0.1, 0.15) is 5.82 Å². The molecule has 2 bridgehead atoms. The lowest BCUT2D eigenvalue weighted by Gasteiger charge is -2.50. The third kappa shape index (κ3) is 2.65. The summed E-state index contributed by atoms with van der Waals surface area (Å²) in [5, 5.41) is 0. The van der Waals surface area contributed by atoms with E-state index >= 15 is 0 Å². The van der Waals surface area contributed by atoms with E-state index in [2.05, 4.69) is 15.2 Å². The zero-order valence-electron chi connectivity index (χ0n) is 11.1. The van der Waals surface area contributed by atoms with Gasteiger partial charge in [0.25, 0.3) is 0 Å². The molecule has 1 aromatic rings. The SMILES string of the molecule is NNC(Cc1ccccc1F)C1CN2CCN1CC2. The predicted octanol–water partition coefficient (Wildman–Crippen LogP) is 0.200. The molecule has 19 heavy (non-hydrogen) atoms. The number of piperazine rings is 3. The van der Waals surface area contributed by atoms with Crippen LogP contribution in [0.2, 0.25) is 0 Å². The Kier molecular flexibility index (Phi) is 3.79. The number of hydrogen-bond acceptors (Lipinski definition) is 4. The Bertz CT molecular complexity index is 431. The molecule has 0 aromatic heterocycles. The van der Waals surface area contributed by atoms with Crippen LogP contribution in [0.3, 0.4) is 0 Å². The fraction of sp³-hybridized carbons (Fsp3) is 0.571. The molecule has 0 aliphatic carbocycles. The summed E-state index contributed by atoms with van der Waals surface area (Å²) in [4.78, 5) is 4.95. The molecule has 3 saturated heterocycles. The summed E-state index contributed by atoms with van der Waals surface area (Å²) in [6, 6.07) is 7.44. The zero-order valence-corrected chi connectivity index (χ0v) is 11.1. The van der Waals surface area contributed by atoms with Gasteiger partial charge >= 0.3 is 0 Å². The summed E-state index contributed by atoms with van der Waals surface area (Å²) < 4.78 is 13.7. The average Bonchev–Trinajstić information content (AvgIpc) is 2.47. The summed E-state index contributed by atoms with van der Waals surface area (Å²) >= 11 is 0. The normalized spacial score (nSPS) is 31.4. The van der Waals surface area contributed by atoms with Crippen LogP contribution in [0.4, 0.5) is 4.39 Å². The highest BCUT2D eigenvalue weighted by atomic mass is 19.1. The van der Waals surface area contributed by atoms with Crippen molar-refractivity contribution in [2.45, 2.75) is 18.5 Å². The van der Waals surface area contributed by atoms with Crippen LogP contribution in [0, 0.1) is 5.82 Å². The first-order chi connectivity index (χ1) is 9.28. The number of fused-ring (bicyclic) bond motifs is 3. The first kappa shape index (κ1) is 13.0. The van der Waals surface area contributed by atoms with Crippen LogP contribution in [0.15, 0.2) is 24.3 Å². The molecule has 4 nitrogen and oxygen atoms in total. The van der Waals surface area contributed by atoms with Crippen molar-refractivity contribution in [3.8, 4) is 0 Å². The molecule has 3 fully saturated rings. The average molecular weight is 264 g/mol. The minimum atomic E-state index is -0.140. The molecule has 104 valence electrons. The minimum Gasteiger partial charge on any atom is -0.299 e. The van der Waals surface area contributed by atoms with Gasteiger partial charge in [-0.3, -0.25) is 21.1 Å². The smallest absolute Gasteiger partial charge is 0.126 e. The monoisotopic (exact) mass is 264 g/mol. The maximum atomic E-state index is 13.7. The zero-order chi connectivity index (χ0) is 13.2. The lowest BCUT2D eigenvalue weighted by molar-refractivity contribution is -0.00325. The summed E-state index contributed by atoms with van der Waals surface area (Å²) in [6.45, 7) is 5.52. The third-order valence-corrected chi connectivity index (χ3v) is 4.40. The van der Waals surface area contributed by atoms with E-state index in [0.717, 1.165) is 38.3 Å². The van der Waals surface area contributed by atoms with E-state index in [1.165, 1.54) is 6.07 Å². The highest BCUT2D eigenvalue weighted by molar-refractivity contribution is 5.19. The van der Waals surface area contributed by atoms with Crippen molar-refractivity contribution in [1.29, 1.82) is 0 Å². The molecule has 2 atom stereocenters. The Morgan fingerprint density at radius 1 is 1.26 bits per heavy atom. The number of rotatable bonds is 4. The first-order valence-corrected chi connectivity index (χ1v) is 6.94. The molecule has 5 heteroatoms. The highest BCUT2D eigenvalue weighted by Gasteiger charge is 2.36. The van der Waals surface area contributed by atoms with Crippen LogP contribution < -0.4 is 11.3 Å². The lowest BCUT2D eigenvalue weighted by Crippen LogP contribution is -2.67. The molecule has 3 N–H and O–H groups in total. The van der Waals surface area contributed by atoms with Crippen molar-refractivity contribution in [3.63, 3.8) is 0 Å². The lowest BCUT2D eigenvalue weighted by atomic mass is 9.94. The van der Waals surface area contributed by atoms with Crippen molar-refractivity contribution in [1.82, 2.24) is 15.2 Å². The molecule has 3 aliphatic heterocycles. The van der Waals surface area contributed by atoms with Gasteiger partial charge in [0.05, 0.1) is 0 Å². The van der Waals surface area contributed by atoms with Gasteiger partial charge in [-0.2, -0.15) is 0 Å². The third-order valence-electron chi connectivity index (χ3n) is 4.40. The number of benzene rings is 1. The van der Waals surface area contributed by atoms with Crippen LogP contribution >= 0.6 is 0 Å². The number of nitrogens with two attached hydrogens (primary N) is 1. The number of nitrogens with one attached hydrogen (secondary N) is 1. The van der Waals surface area contributed by atoms with Crippen LogP contribution in [0.1, 0.15) is 5.56 Å². The fourth-order valence-corrected chi connectivity index (χ4v) is 3.25. The van der Waals surface area contributed by atoms with Crippen molar-refractivity contribution in [2.75, 3.05) is 32.7 Å². The second kappa shape index (κ2) is 5.54. The quantitative estimate of drug-likeness (QED) is 0.602. The first-order valence-electron chi connectivity index (χ1n) is 6.94. The molecular formula is C14H21FN4. The number of hydrogen-bond donors (Lipinski definition) is 2. The van der Waals surface area contributed by atoms with E-state index in [0.29, 0.717) is 12.5 Å². The molecule has 3 aliphatic rings. The molecular weight excluding hydrogens is 243 g/mol. The summed E-state index contributed by atoms with van der Waals surface area (Å²) in [6.07, 6.45) is 0.637. The van der Waals surface area contributed by atoms with Crippen LogP contribution in [-0.2, 0) is 6.42 Å². The van der Waals surface area contributed by atoms with E-state index in [-0.39, 0.29) is 11.9 Å². The van der Waals surface area contributed by atoms with Gasteiger partial charge in [0, 0.05) is 44.8 Å². The fourth-order valence-electron chi connectivity index (χ4n) is 3.25. The molecule has 0 spiro atoms. The van der Waals surface area contributed by atoms with Gasteiger partial charge in [0.2, 0.25) is 0 Å². The molecule has 0 saturated carbocycles. The van der Waals surface area contributed by atoms with Gasteiger partial charge in [0.15, 0.2) is 0 Å². The van der Waals surface area contributed by atoms with Gasteiger partial charge < -0.3 is 0 Å². The Morgan fingerprint density at radius 2 is 2.00 bits per heavy atom. The van der Waals surface area contributed by atoms with Crippen LogP contribution in [0.5, 0.6) is 0 Å². The Morgan fingerprint density at radius 3 is 2.58 bits per heavy atom. The van der Waals surface area contributed by atoms with Gasteiger partial charge in [-0.1, -0.05) is 18.2 Å². The molecule has 1 aromatic carbocycles. The Hall–Kier alpha value is -1.01. The van der Waals surface area contributed by atoms with Crippen LogP contribution in [-0.4, -0.2) is 54.6 Å². The van der Waals surface area contributed by atoms with Crippen molar-refractivity contribution >= 4 is 0 Å². The molecule has 2 unspecified atom stereocenters. The summed E-state index contributed by atoms with van der Waals surface area (Å²) in [5.41, 5.74) is 3.64. The maximum absolute atomic E-state index is 13.7. The van der Waals surface area contributed by atoms with E-state index in [1.54, 1.807) is 6.07 Å².